The van der Waals surface area contributed by atoms with E-state index in [2.05, 4.69) is 10.3 Å². The number of carbonyl (C=O) groups excluding carboxylic acids is 3. The summed E-state index contributed by atoms with van der Waals surface area (Å²) < 4.78 is 6.68. The molecule has 2 heterocycles. The highest BCUT2D eigenvalue weighted by Crippen LogP contribution is 2.29. The van der Waals surface area contributed by atoms with Crippen LogP contribution in [0.25, 0.3) is 0 Å². The predicted octanol–water partition coefficient (Wildman–Crippen LogP) is 1.77. The van der Waals surface area contributed by atoms with Gasteiger partial charge in [0.1, 0.15) is 6.04 Å². The monoisotopic (exact) mass is 368 g/mol. The summed E-state index contributed by atoms with van der Waals surface area (Å²) in [5, 5.41) is 8.31. The van der Waals surface area contributed by atoms with E-state index in [9.17, 15) is 14.4 Å². The van der Waals surface area contributed by atoms with Crippen LogP contribution in [0.15, 0.2) is 30.5 Å². The van der Waals surface area contributed by atoms with Gasteiger partial charge >= 0.3 is 5.97 Å². The van der Waals surface area contributed by atoms with Crippen LogP contribution in [0, 0.1) is 0 Å². The Bertz CT molecular complexity index is 866. The number of aromatic nitrogens is 3. The number of esters is 1. The summed E-state index contributed by atoms with van der Waals surface area (Å²) in [6.07, 6.45) is 6.32. The van der Waals surface area contributed by atoms with Crippen molar-refractivity contribution in [2.75, 3.05) is 7.11 Å². The van der Waals surface area contributed by atoms with Crippen molar-refractivity contribution in [3.63, 3.8) is 0 Å². The Labute approximate surface area is 156 Å². The van der Waals surface area contributed by atoms with E-state index in [1.165, 1.54) is 20.0 Å². The minimum Gasteiger partial charge on any atom is -0.467 e. The van der Waals surface area contributed by atoms with Crippen LogP contribution in [0.5, 0.6) is 0 Å². The Balaban J connectivity index is 1.60. The van der Waals surface area contributed by atoms with Crippen molar-refractivity contribution < 1.29 is 19.1 Å². The zero-order chi connectivity index (χ0) is 19.0. The highest BCUT2D eigenvalue weighted by Gasteiger charge is 2.43. The summed E-state index contributed by atoms with van der Waals surface area (Å²) in [5.74, 6) is -1.64. The number of carbonyl (C=O) groups is 3. The van der Waals surface area contributed by atoms with E-state index in [0.29, 0.717) is 22.9 Å². The number of hydrogen-bond donors (Lipinski definition) is 0. The standard InChI is InChI=1S/C19H20N4O4/c1-27-19(26)16(10-12-11-22(21-20-12)13-6-2-3-7-13)23-17(24)14-8-4-5-9-15(14)18(23)25/h4-5,8-9,11,13,16H,2-3,6-7,10H2,1H3. The van der Waals surface area contributed by atoms with Crippen LogP contribution >= 0.6 is 0 Å². The Morgan fingerprint density at radius 3 is 2.41 bits per heavy atom. The number of rotatable bonds is 5. The lowest BCUT2D eigenvalue weighted by molar-refractivity contribution is -0.145. The Morgan fingerprint density at radius 2 is 1.81 bits per heavy atom. The maximum absolute atomic E-state index is 12.7. The number of ether oxygens (including phenoxy) is 1. The number of methoxy groups -OCH3 is 1. The van der Waals surface area contributed by atoms with E-state index in [0.717, 1.165) is 17.7 Å². The van der Waals surface area contributed by atoms with Gasteiger partial charge in [-0.3, -0.25) is 14.5 Å². The minimum absolute atomic E-state index is 0.0743. The molecule has 1 unspecified atom stereocenters. The number of benzene rings is 1. The summed E-state index contributed by atoms with van der Waals surface area (Å²) in [6, 6.07) is 5.79. The average Bonchev–Trinajstić information content (AvgIpc) is 3.41. The van der Waals surface area contributed by atoms with Crippen molar-refractivity contribution in [2.45, 2.75) is 44.2 Å². The van der Waals surface area contributed by atoms with Crippen molar-refractivity contribution in [1.29, 1.82) is 0 Å². The largest absolute Gasteiger partial charge is 0.467 e. The van der Waals surface area contributed by atoms with Crippen molar-refractivity contribution in [2.24, 2.45) is 0 Å². The fourth-order valence-electron chi connectivity index (χ4n) is 3.86. The molecule has 8 nitrogen and oxygen atoms in total. The summed E-state index contributed by atoms with van der Waals surface area (Å²) >= 11 is 0. The number of nitrogens with zero attached hydrogens (tertiary/aromatic N) is 4. The molecule has 1 aromatic carbocycles. The second-order valence-corrected chi connectivity index (χ2v) is 6.90. The fraction of sp³-hybridized carbons (Fsp3) is 0.421. The van der Waals surface area contributed by atoms with Crippen LogP contribution in [0.2, 0.25) is 0 Å². The first-order valence-electron chi connectivity index (χ1n) is 9.05. The van der Waals surface area contributed by atoms with Crippen LogP contribution in [-0.2, 0) is 16.0 Å². The number of imide groups is 1. The van der Waals surface area contributed by atoms with Gasteiger partial charge < -0.3 is 4.74 Å². The quantitative estimate of drug-likeness (QED) is 0.590. The fourth-order valence-corrected chi connectivity index (χ4v) is 3.86. The molecule has 1 aliphatic heterocycles. The maximum atomic E-state index is 12.7. The van der Waals surface area contributed by atoms with E-state index in [-0.39, 0.29) is 6.42 Å². The van der Waals surface area contributed by atoms with Crippen molar-refractivity contribution in [3.05, 3.63) is 47.3 Å². The lowest BCUT2D eigenvalue weighted by atomic mass is 10.1. The van der Waals surface area contributed by atoms with Crippen molar-refractivity contribution >= 4 is 17.8 Å². The Hall–Kier alpha value is -3.03. The van der Waals surface area contributed by atoms with Gasteiger partial charge in [-0.05, 0) is 25.0 Å². The SMILES string of the molecule is COC(=O)C(Cc1cn(C2CCCC2)nn1)N1C(=O)c2ccccc2C1=O. The lowest BCUT2D eigenvalue weighted by Gasteiger charge is -2.23. The van der Waals surface area contributed by atoms with E-state index >= 15 is 0 Å². The topological polar surface area (TPSA) is 94.4 Å². The molecule has 2 aromatic rings. The third kappa shape index (κ3) is 3.01. The van der Waals surface area contributed by atoms with Gasteiger partial charge in [-0.2, -0.15) is 0 Å². The number of fused-ring (bicyclic) bond motifs is 1. The normalized spacial score (nSPS) is 18.0. The third-order valence-corrected chi connectivity index (χ3v) is 5.27. The van der Waals surface area contributed by atoms with Crippen molar-refractivity contribution in [1.82, 2.24) is 19.9 Å². The summed E-state index contributed by atoms with van der Waals surface area (Å²) in [5.41, 5.74) is 1.14. The van der Waals surface area contributed by atoms with Crippen LogP contribution in [-0.4, -0.2) is 50.8 Å². The molecule has 1 saturated carbocycles. The summed E-state index contributed by atoms with van der Waals surface area (Å²) in [4.78, 5) is 38.8. The zero-order valence-electron chi connectivity index (χ0n) is 15.0. The first-order valence-corrected chi connectivity index (χ1v) is 9.05. The van der Waals surface area contributed by atoms with E-state index < -0.39 is 23.8 Å². The molecule has 140 valence electrons. The summed E-state index contributed by atoms with van der Waals surface area (Å²) in [7, 11) is 1.24. The average molecular weight is 368 g/mol. The third-order valence-electron chi connectivity index (χ3n) is 5.27. The molecule has 8 heteroatoms. The molecule has 1 fully saturated rings. The Morgan fingerprint density at radius 1 is 1.19 bits per heavy atom. The van der Waals surface area contributed by atoms with Crippen LogP contribution in [0.3, 0.4) is 0 Å². The van der Waals surface area contributed by atoms with Gasteiger partial charge in [-0.1, -0.05) is 30.2 Å². The van der Waals surface area contributed by atoms with Gasteiger partial charge in [0.25, 0.3) is 11.8 Å². The highest BCUT2D eigenvalue weighted by molar-refractivity contribution is 6.22. The molecule has 0 spiro atoms. The van der Waals surface area contributed by atoms with Gasteiger partial charge in [0, 0.05) is 12.6 Å². The molecular weight excluding hydrogens is 348 g/mol. The first kappa shape index (κ1) is 17.4. The van der Waals surface area contributed by atoms with Crippen LogP contribution < -0.4 is 0 Å². The van der Waals surface area contributed by atoms with Crippen LogP contribution in [0.4, 0.5) is 0 Å². The molecule has 1 atom stereocenters. The summed E-state index contributed by atoms with van der Waals surface area (Å²) in [6.45, 7) is 0. The first-order chi connectivity index (χ1) is 13.1. The van der Waals surface area contributed by atoms with Gasteiger partial charge in [0.05, 0.1) is 30.0 Å². The highest BCUT2D eigenvalue weighted by atomic mass is 16.5. The molecule has 2 aliphatic rings. The number of hydrogen-bond acceptors (Lipinski definition) is 6. The van der Waals surface area contributed by atoms with E-state index in [4.69, 9.17) is 4.74 Å². The molecule has 0 saturated heterocycles. The minimum atomic E-state index is -1.07. The molecule has 0 N–H and O–H groups in total. The van der Waals surface area contributed by atoms with Gasteiger partial charge in [-0.15, -0.1) is 5.10 Å². The van der Waals surface area contributed by atoms with E-state index in [1.54, 1.807) is 30.5 Å². The molecule has 1 aliphatic carbocycles. The zero-order valence-corrected chi connectivity index (χ0v) is 15.0. The predicted molar refractivity (Wildman–Crippen MR) is 94.0 cm³/mol. The van der Waals surface area contributed by atoms with Crippen LogP contribution in [0.1, 0.15) is 58.1 Å². The van der Waals surface area contributed by atoms with Crippen molar-refractivity contribution in [3.8, 4) is 0 Å². The Kier molecular flexibility index (Phi) is 4.47. The maximum Gasteiger partial charge on any atom is 0.329 e. The molecule has 0 radical (unpaired) electrons. The second-order valence-electron chi connectivity index (χ2n) is 6.90. The van der Waals surface area contributed by atoms with Gasteiger partial charge in [-0.25, -0.2) is 9.48 Å². The molecule has 0 bridgehead atoms. The smallest absolute Gasteiger partial charge is 0.329 e. The lowest BCUT2D eigenvalue weighted by Crippen LogP contribution is -2.46. The molecule has 27 heavy (non-hydrogen) atoms. The second kappa shape index (κ2) is 6.94. The number of amides is 2. The van der Waals surface area contributed by atoms with E-state index in [1.807, 2.05) is 4.68 Å². The van der Waals surface area contributed by atoms with Gasteiger partial charge in [0.2, 0.25) is 0 Å². The molecule has 4 rings (SSSR count). The molecule has 2 amide bonds. The molecule has 1 aromatic heterocycles. The van der Waals surface area contributed by atoms with Gasteiger partial charge in [0.15, 0.2) is 0 Å². The molecular formula is C19H20N4O4.